The minimum Gasteiger partial charge on any atom is -0.464 e. The quantitative estimate of drug-likeness (QED) is 0.462. The highest BCUT2D eigenvalue weighted by Gasteiger charge is 2.37. The summed E-state index contributed by atoms with van der Waals surface area (Å²) in [6.07, 6.45) is 1.84. The molecule has 1 aliphatic rings. The highest BCUT2D eigenvalue weighted by atomic mass is 19.1. The number of benzene rings is 3. The average Bonchev–Trinajstić information content (AvgIpc) is 3.21. The zero-order valence-corrected chi connectivity index (χ0v) is 15.5. The lowest BCUT2D eigenvalue weighted by Crippen LogP contribution is -2.25. The van der Waals surface area contributed by atoms with E-state index in [1.54, 1.807) is 5.06 Å². The molecule has 2 atom stereocenters. The van der Waals surface area contributed by atoms with Gasteiger partial charge >= 0.3 is 0 Å². The molecular formula is C24H18FNO3. The van der Waals surface area contributed by atoms with Gasteiger partial charge in [0.2, 0.25) is 0 Å². The van der Waals surface area contributed by atoms with Gasteiger partial charge in [-0.25, -0.2) is 9.45 Å². The number of hydroxylamine groups is 1. The highest BCUT2D eigenvalue weighted by Crippen LogP contribution is 2.43. The molecule has 1 fully saturated rings. The van der Waals surface area contributed by atoms with Crippen LogP contribution in [0.1, 0.15) is 29.7 Å². The Labute approximate surface area is 166 Å². The summed E-state index contributed by atoms with van der Waals surface area (Å²) in [5.41, 5.74) is 2.45. The van der Waals surface area contributed by atoms with Crippen LogP contribution in [-0.4, -0.2) is 0 Å². The van der Waals surface area contributed by atoms with E-state index in [1.165, 1.54) is 24.5 Å². The molecule has 5 rings (SSSR count). The molecule has 2 heterocycles. The van der Waals surface area contributed by atoms with Crippen LogP contribution in [0.15, 0.2) is 94.3 Å². The summed E-state index contributed by atoms with van der Waals surface area (Å²) >= 11 is 0. The van der Waals surface area contributed by atoms with Crippen molar-refractivity contribution in [2.24, 2.45) is 0 Å². The third kappa shape index (κ3) is 3.19. The molecule has 0 spiro atoms. The Balaban J connectivity index is 1.62. The molecule has 0 bridgehead atoms. The van der Waals surface area contributed by atoms with Crippen LogP contribution in [-0.2, 0) is 4.84 Å². The highest BCUT2D eigenvalue weighted by molar-refractivity contribution is 5.77. The molecule has 1 aliphatic heterocycles. The standard InChI is InChI=1S/C24H18FNO3/c25-17-11-12-22-19(13-17)24(27)20(15-28-22)21-14-23(16-7-3-1-4-8-16)29-26(21)18-9-5-2-6-10-18/h1-13,15,21,23H,14H2/t21-,23+/m0/s1. The van der Waals surface area contributed by atoms with Gasteiger partial charge in [0.15, 0.2) is 5.43 Å². The van der Waals surface area contributed by atoms with Gasteiger partial charge in [-0.05, 0) is 35.9 Å². The van der Waals surface area contributed by atoms with E-state index in [1.807, 2.05) is 60.7 Å². The third-order valence-corrected chi connectivity index (χ3v) is 5.26. The van der Waals surface area contributed by atoms with E-state index in [-0.39, 0.29) is 23.0 Å². The Kier molecular flexibility index (Phi) is 4.37. The van der Waals surface area contributed by atoms with Crippen molar-refractivity contribution in [1.29, 1.82) is 0 Å². The van der Waals surface area contributed by atoms with E-state index in [0.29, 0.717) is 17.6 Å². The number of fused-ring (bicyclic) bond motifs is 1. The van der Waals surface area contributed by atoms with E-state index in [2.05, 4.69) is 0 Å². The van der Waals surface area contributed by atoms with Crippen LogP contribution in [0.25, 0.3) is 11.0 Å². The van der Waals surface area contributed by atoms with Crippen LogP contribution in [0.2, 0.25) is 0 Å². The second-order valence-electron chi connectivity index (χ2n) is 7.08. The van der Waals surface area contributed by atoms with Gasteiger partial charge in [-0.1, -0.05) is 48.5 Å². The molecule has 0 amide bonds. The lowest BCUT2D eigenvalue weighted by Gasteiger charge is -2.24. The maximum atomic E-state index is 13.7. The van der Waals surface area contributed by atoms with Crippen molar-refractivity contribution in [2.75, 3.05) is 5.06 Å². The average molecular weight is 387 g/mol. The zero-order chi connectivity index (χ0) is 19.8. The Hall–Kier alpha value is -3.44. The van der Waals surface area contributed by atoms with Crippen molar-refractivity contribution in [3.8, 4) is 0 Å². The molecule has 0 N–H and O–H groups in total. The summed E-state index contributed by atoms with van der Waals surface area (Å²) in [5.74, 6) is -0.466. The van der Waals surface area contributed by atoms with Crippen molar-refractivity contribution in [1.82, 2.24) is 0 Å². The van der Waals surface area contributed by atoms with Crippen LogP contribution in [0, 0.1) is 5.82 Å². The van der Waals surface area contributed by atoms with E-state index in [4.69, 9.17) is 9.25 Å². The SMILES string of the molecule is O=c1c([C@@H]2C[C@H](c3ccccc3)ON2c2ccccc2)coc2ccc(F)cc12. The first-order valence-corrected chi connectivity index (χ1v) is 9.47. The smallest absolute Gasteiger partial charge is 0.198 e. The van der Waals surface area contributed by atoms with Gasteiger partial charge in [0.05, 0.1) is 22.7 Å². The molecule has 0 radical (unpaired) electrons. The van der Waals surface area contributed by atoms with Crippen LogP contribution >= 0.6 is 0 Å². The second-order valence-corrected chi connectivity index (χ2v) is 7.08. The molecule has 29 heavy (non-hydrogen) atoms. The first-order chi connectivity index (χ1) is 14.2. The zero-order valence-electron chi connectivity index (χ0n) is 15.5. The van der Waals surface area contributed by atoms with Crippen molar-refractivity contribution in [3.63, 3.8) is 0 Å². The van der Waals surface area contributed by atoms with E-state index in [0.717, 1.165) is 11.3 Å². The number of rotatable bonds is 3. The predicted molar refractivity (Wildman–Crippen MR) is 109 cm³/mol. The summed E-state index contributed by atoms with van der Waals surface area (Å²) in [6, 6.07) is 23.2. The largest absolute Gasteiger partial charge is 0.464 e. The number of halogens is 1. The molecule has 4 nitrogen and oxygen atoms in total. The molecule has 0 saturated carbocycles. The van der Waals surface area contributed by atoms with E-state index >= 15 is 0 Å². The van der Waals surface area contributed by atoms with Gasteiger partial charge in [-0.2, -0.15) is 0 Å². The molecule has 144 valence electrons. The van der Waals surface area contributed by atoms with Gasteiger partial charge in [-0.15, -0.1) is 0 Å². The fourth-order valence-electron chi connectivity index (χ4n) is 3.83. The Morgan fingerprint density at radius 1 is 0.931 bits per heavy atom. The normalized spacial score (nSPS) is 19.0. The van der Waals surface area contributed by atoms with Crippen LogP contribution in [0.3, 0.4) is 0 Å². The van der Waals surface area contributed by atoms with E-state index in [9.17, 15) is 9.18 Å². The fourth-order valence-corrected chi connectivity index (χ4v) is 3.83. The van der Waals surface area contributed by atoms with Gasteiger partial charge in [-0.3, -0.25) is 9.63 Å². The fraction of sp³-hybridized carbons (Fsp3) is 0.125. The minimum absolute atomic E-state index is 0.205. The number of anilines is 1. The van der Waals surface area contributed by atoms with Crippen LogP contribution in [0.5, 0.6) is 0 Å². The number of para-hydroxylation sites is 1. The number of nitrogens with zero attached hydrogens (tertiary/aromatic N) is 1. The maximum absolute atomic E-state index is 13.7. The summed E-state index contributed by atoms with van der Waals surface area (Å²) in [4.78, 5) is 19.4. The number of hydrogen-bond donors (Lipinski definition) is 0. The molecule has 3 aromatic carbocycles. The monoisotopic (exact) mass is 387 g/mol. The third-order valence-electron chi connectivity index (χ3n) is 5.26. The minimum atomic E-state index is -0.466. The molecule has 1 saturated heterocycles. The van der Waals surface area contributed by atoms with Crippen LogP contribution < -0.4 is 10.5 Å². The molecule has 4 aromatic rings. The lowest BCUT2D eigenvalue weighted by molar-refractivity contribution is 0.0835. The Bertz CT molecular complexity index is 1210. The molecule has 0 unspecified atom stereocenters. The Morgan fingerprint density at radius 2 is 1.66 bits per heavy atom. The molecule has 1 aromatic heterocycles. The van der Waals surface area contributed by atoms with Crippen LogP contribution in [0.4, 0.5) is 10.1 Å². The van der Waals surface area contributed by atoms with Crippen molar-refractivity contribution < 1.29 is 13.6 Å². The summed E-state index contributed by atoms with van der Waals surface area (Å²) in [5, 5.41) is 1.99. The van der Waals surface area contributed by atoms with E-state index < -0.39 is 5.82 Å². The predicted octanol–water partition coefficient (Wildman–Crippen LogP) is 5.56. The van der Waals surface area contributed by atoms with Gasteiger partial charge in [0.25, 0.3) is 0 Å². The first-order valence-electron chi connectivity index (χ1n) is 9.47. The number of hydrogen-bond acceptors (Lipinski definition) is 4. The molecular weight excluding hydrogens is 369 g/mol. The van der Waals surface area contributed by atoms with Gasteiger partial charge in [0, 0.05) is 6.42 Å². The van der Waals surface area contributed by atoms with Crippen molar-refractivity contribution >= 4 is 16.7 Å². The summed E-state index contributed by atoms with van der Waals surface area (Å²) in [7, 11) is 0. The van der Waals surface area contributed by atoms with Crippen molar-refractivity contribution in [3.05, 3.63) is 112 Å². The molecule has 5 heteroatoms. The topological polar surface area (TPSA) is 42.7 Å². The van der Waals surface area contributed by atoms with Gasteiger partial charge < -0.3 is 4.42 Å². The van der Waals surface area contributed by atoms with Crippen molar-refractivity contribution in [2.45, 2.75) is 18.6 Å². The summed E-state index contributed by atoms with van der Waals surface area (Å²) < 4.78 is 19.4. The second kappa shape index (κ2) is 7.18. The van der Waals surface area contributed by atoms with Gasteiger partial charge in [0.1, 0.15) is 23.8 Å². The summed E-state index contributed by atoms with van der Waals surface area (Å²) in [6.45, 7) is 0. The molecule has 0 aliphatic carbocycles. The first kappa shape index (κ1) is 17.6. The lowest BCUT2D eigenvalue weighted by atomic mass is 9.98. The Morgan fingerprint density at radius 3 is 2.41 bits per heavy atom. The maximum Gasteiger partial charge on any atom is 0.198 e.